The van der Waals surface area contributed by atoms with Gasteiger partial charge in [-0.2, -0.15) is 0 Å². The average molecular weight is 482 g/mol. The van der Waals surface area contributed by atoms with Crippen molar-refractivity contribution >= 4 is 17.7 Å². The average Bonchev–Trinajstić information content (AvgIpc) is 3.20. The number of fused-ring (bicyclic) bond motifs is 2. The van der Waals surface area contributed by atoms with Crippen molar-refractivity contribution in [1.82, 2.24) is 15.5 Å². The Morgan fingerprint density at radius 3 is 2.91 bits per heavy atom. The van der Waals surface area contributed by atoms with E-state index < -0.39 is 6.10 Å². The van der Waals surface area contributed by atoms with E-state index in [-0.39, 0.29) is 29.1 Å². The van der Waals surface area contributed by atoms with Crippen LogP contribution in [0.5, 0.6) is 0 Å². The minimum absolute atomic E-state index is 0.0363. The lowest BCUT2D eigenvalue weighted by Gasteiger charge is -2.55. The molecule has 9 atom stereocenters. The molecule has 4 rings (SSSR count). The number of hydrogen-bond acceptors (Lipinski definition) is 6. The van der Waals surface area contributed by atoms with Gasteiger partial charge in [0.05, 0.1) is 24.6 Å². The maximum absolute atomic E-state index is 13.0. The SMILES string of the molecule is C=CCNC1[NH2+]C2C(C[C@@]3(C)CC[C@@H]([C@H](C)C(=O)NCCN4CCOCC4)[C@H](O)[C@H]3[C@H]2C)S1. The second-order valence-electron chi connectivity index (χ2n) is 11.0. The van der Waals surface area contributed by atoms with Gasteiger partial charge in [0, 0.05) is 44.6 Å². The molecule has 8 heteroatoms. The highest BCUT2D eigenvalue weighted by molar-refractivity contribution is 8.00. The molecule has 0 radical (unpaired) electrons. The number of amides is 1. The lowest BCUT2D eigenvalue weighted by molar-refractivity contribution is -0.707. The van der Waals surface area contributed by atoms with Crippen molar-refractivity contribution in [3.63, 3.8) is 0 Å². The fourth-order valence-corrected chi connectivity index (χ4v) is 8.96. The van der Waals surface area contributed by atoms with Crippen LogP contribution in [-0.2, 0) is 9.53 Å². The van der Waals surface area contributed by atoms with Crippen molar-refractivity contribution in [2.45, 2.75) is 62.9 Å². The van der Waals surface area contributed by atoms with Crippen LogP contribution < -0.4 is 16.0 Å². The molecule has 4 aliphatic rings. The Morgan fingerprint density at radius 2 is 2.18 bits per heavy atom. The van der Waals surface area contributed by atoms with Gasteiger partial charge in [-0.3, -0.25) is 15.0 Å². The number of thioether (sulfide) groups is 1. The molecule has 0 spiro atoms. The molecule has 0 bridgehead atoms. The van der Waals surface area contributed by atoms with E-state index in [9.17, 15) is 9.90 Å². The lowest BCUT2D eigenvalue weighted by Crippen LogP contribution is -2.96. The van der Waals surface area contributed by atoms with E-state index in [0.717, 1.165) is 58.7 Å². The molecule has 0 aromatic rings. The van der Waals surface area contributed by atoms with Gasteiger partial charge in [0.15, 0.2) is 5.50 Å². The van der Waals surface area contributed by atoms with Crippen molar-refractivity contribution in [3.8, 4) is 0 Å². The van der Waals surface area contributed by atoms with Gasteiger partial charge in [-0.15, -0.1) is 6.58 Å². The van der Waals surface area contributed by atoms with Crippen LogP contribution in [-0.4, -0.2) is 84.7 Å². The predicted molar refractivity (Wildman–Crippen MR) is 133 cm³/mol. The van der Waals surface area contributed by atoms with E-state index in [0.29, 0.717) is 29.3 Å². The van der Waals surface area contributed by atoms with Crippen LogP contribution in [0.25, 0.3) is 0 Å². The van der Waals surface area contributed by atoms with Gasteiger partial charge in [0.25, 0.3) is 0 Å². The van der Waals surface area contributed by atoms with Crippen LogP contribution in [0.2, 0.25) is 0 Å². The van der Waals surface area contributed by atoms with Crippen LogP contribution in [0.15, 0.2) is 12.7 Å². The summed E-state index contributed by atoms with van der Waals surface area (Å²) in [7, 11) is 0. The minimum atomic E-state index is -0.418. The normalized spacial score (nSPS) is 42.2. The number of carbonyl (C=O) groups excluding carboxylic acids is 1. The van der Waals surface area contributed by atoms with Gasteiger partial charge in [-0.25, -0.2) is 0 Å². The predicted octanol–water partition coefficient (Wildman–Crippen LogP) is 0.611. The summed E-state index contributed by atoms with van der Waals surface area (Å²) in [6, 6.07) is 0.515. The summed E-state index contributed by atoms with van der Waals surface area (Å²) in [4.78, 5) is 15.3. The molecule has 4 fully saturated rings. The fraction of sp³-hybridized carbons (Fsp3) is 0.880. The molecule has 1 amide bonds. The lowest BCUT2D eigenvalue weighted by atomic mass is 9.51. The highest BCUT2D eigenvalue weighted by atomic mass is 32.2. The first-order chi connectivity index (χ1) is 15.8. The van der Waals surface area contributed by atoms with Crippen LogP contribution in [0.1, 0.15) is 40.0 Å². The summed E-state index contributed by atoms with van der Waals surface area (Å²) in [5.41, 5.74) is 0.519. The number of hydrogen-bond donors (Lipinski definition) is 4. The van der Waals surface area contributed by atoms with Gasteiger partial charge in [-0.1, -0.05) is 38.6 Å². The number of aliphatic hydroxyl groups is 1. The van der Waals surface area contributed by atoms with Crippen molar-refractivity contribution in [3.05, 3.63) is 12.7 Å². The smallest absolute Gasteiger partial charge is 0.223 e. The zero-order valence-electron chi connectivity index (χ0n) is 20.7. The third-order valence-electron chi connectivity index (χ3n) is 9.00. The molecule has 2 heterocycles. The Labute approximate surface area is 203 Å². The Balaban J connectivity index is 1.34. The number of nitrogens with zero attached hydrogens (tertiary/aromatic N) is 1. The summed E-state index contributed by atoms with van der Waals surface area (Å²) in [6.45, 7) is 16.4. The van der Waals surface area contributed by atoms with E-state index in [4.69, 9.17) is 4.74 Å². The topological polar surface area (TPSA) is 90.4 Å². The van der Waals surface area contributed by atoms with Crippen molar-refractivity contribution in [1.29, 1.82) is 0 Å². The molecule has 2 aliphatic heterocycles. The van der Waals surface area contributed by atoms with Gasteiger partial charge in [-0.05, 0) is 36.5 Å². The number of rotatable bonds is 8. The van der Waals surface area contributed by atoms with Gasteiger partial charge < -0.3 is 20.5 Å². The molecular weight excluding hydrogens is 436 g/mol. The number of carbonyl (C=O) groups is 1. The third-order valence-corrected chi connectivity index (χ3v) is 10.4. The molecule has 5 N–H and O–H groups in total. The molecule has 7 nitrogen and oxygen atoms in total. The first kappa shape index (κ1) is 25.5. The van der Waals surface area contributed by atoms with E-state index >= 15 is 0 Å². The number of nitrogens with two attached hydrogens (primary N) is 1. The number of nitrogens with one attached hydrogen (secondary N) is 2. The second-order valence-corrected chi connectivity index (χ2v) is 12.4. The number of morpholine rings is 1. The fourth-order valence-electron chi connectivity index (χ4n) is 7.12. The van der Waals surface area contributed by atoms with Gasteiger partial charge in [0.1, 0.15) is 6.04 Å². The van der Waals surface area contributed by atoms with Crippen molar-refractivity contribution < 1.29 is 20.0 Å². The molecule has 2 saturated carbocycles. The van der Waals surface area contributed by atoms with Crippen LogP contribution >= 0.6 is 11.8 Å². The largest absolute Gasteiger partial charge is 0.392 e. The first-order valence-corrected chi connectivity index (χ1v) is 13.9. The maximum atomic E-state index is 13.0. The molecule has 188 valence electrons. The zero-order chi connectivity index (χ0) is 23.6. The summed E-state index contributed by atoms with van der Waals surface area (Å²) in [5.74, 6) is 0.633. The summed E-state index contributed by atoms with van der Waals surface area (Å²) in [5, 5.41) is 21.4. The highest BCUT2D eigenvalue weighted by Crippen LogP contribution is 2.57. The zero-order valence-corrected chi connectivity index (χ0v) is 21.5. The summed E-state index contributed by atoms with van der Waals surface area (Å²) >= 11 is 2.05. The van der Waals surface area contributed by atoms with Gasteiger partial charge in [0.2, 0.25) is 5.91 Å². The molecule has 2 aliphatic carbocycles. The van der Waals surface area contributed by atoms with Crippen LogP contribution in [0.3, 0.4) is 0 Å². The molecule has 0 aromatic carbocycles. The molecule has 2 saturated heterocycles. The monoisotopic (exact) mass is 481 g/mol. The van der Waals surface area contributed by atoms with Crippen LogP contribution in [0.4, 0.5) is 0 Å². The van der Waals surface area contributed by atoms with E-state index in [1.54, 1.807) is 0 Å². The molecular formula is C25H45N4O3S+. The molecule has 3 unspecified atom stereocenters. The van der Waals surface area contributed by atoms with Crippen molar-refractivity contribution in [2.75, 3.05) is 45.9 Å². The third kappa shape index (κ3) is 5.46. The second kappa shape index (κ2) is 11.0. The standard InChI is InChI=1S/C25H44N4O3S/c1-5-8-27-24-28-21-17(3)20-22(30)18(6-7-25(20,4)15-19(21)33-24)16(2)23(31)26-9-10-29-11-13-32-14-12-29/h5,16-22,24,27-28,30H,1,6-15H2,2-4H3,(H,26,31)/p+1/t16-,17+,18-,19?,20+,21?,22-,24?,25+/m0/s1. The quantitative estimate of drug-likeness (QED) is 0.380. The van der Waals surface area contributed by atoms with E-state index in [2.05, 4.69) is 53.0 Å². The Bertz CT molecular complexity index is 691. The Kier molecular flexibility index (Phi) is 8.45. The molecule has 33 heavy (non-hydrogen) atoms. The van der Waals surface area contributed by atoms with Crippen LogP contribution in [0, 0.1) is 29.1 Å². The first-order valence-electron chi connectivity index (χ1n) is 12.9. The van der Waals surface area contributed by atoms with Gasteiger partial charge >= 0.3 is 0 Å². The molecule has 0 aromatic heterocycles. The summed E-state index contributed by atoms with van der Waals surface area (Å²) < 4.78 is 5.40. The summed E-state index contributed by atoms with van der Waals surface area (Å²) in [6.07, 6.45) is 4.69. The number of ether oxygens (including phenoxy) is 1. The Hall–Kier alpha value is -0.640. The Morgan fingerprint density at radius 1 is 1.42 bits per heavy atom. The maximum Gasteiger partial charge on any atom is 0.223 e. The van der Waals surface area contributed by atoms with E-state index in [1.807, 2.05) is 13.0 Å². The minimum Gasteiger partial charge on any atom is -0.392 e. The van der Waals surface area contributed by atoms with Crippen molar-refractivity contribution in [2.24, 2.45) is 29.1 Å². The van der Waals surface area contributed by atoms with E-state index in [1.165, 1.54) is 0 Å². The number of aliphatic hydroxyl groups excluding tert-OH is 1. The highest BCUT2D eigenvalue weighted by Gasteiger charge is 2.60. The number of quaternary nitrogens is 1.